The van der Waals surface area contributed by atoms with Gasteiger partial charge in [0.15, 0.2) is 5.82 Å². The molecule has 0 unspecified atom stereocenters. The molecular formula is C14H16N4O. The molecule has 0 aliphatic heterocycles. The third-order valence-electron chi connectivity index (χ3n) is 3.27. The van der Waals surface area contributed by atoms with Gasteiger partial charge in [0.1, 0.15) is 11.6 Å². The summed E-state index contributed by atoms with van der Waals surface area (Å²) >= 11 is 0. The average molecular weight is 256 g/mol. The smallest absolute Gasteiger partial charge is 0.223 e. The summed E-state index contributed by atoms with van der Waals surface area (Å²) in [4.78, 5) is 13.0. The molecule has 1 saturated carbocycles. The van der Waals surface area contributed by atoms with Gasteiger partial charge in [-0.3, -0.25) is 0 Å². The number of nitrogen functional groups attached to an aromatic ring is 1. The van der Waals surface area contributed by atoms with Crippen molar-refractivity contribution < 1.29 is 4.74 Å². The molecule has 0 radical (unpaired) electrons. The number of methoxy groups -OCH3 is 1. The number of nitrogens with two attached hydrogens (primary N) is 1. The molecule has 2 N–H and O–H groups in total. The first kappa shape index (κ1) is 11.9. The highest BCUT2D eigenvalue weighted by Gasteiger charge is 2.27. The minimum absolute atomic E-state index is 0.292. The Bertz CT molecular complexity index is 623. The Kier molecular flexibility index (Phi) is 2.81. The molecule has 2 aromatic rings. The van der Waals surface area contributed by atoms with Crippen molar-refractivity contribution in [3.8, 4) is 17.1 Å². The SMILES string of the molecule is COc1ccc(-c2nc(N)nc(C3CC3)n2)cc1C. The van der Waals surface area contributed by atoms with Crippen molar-refractivity contribution in [2.24, 2.45) is 0 Å². The van der Waals surface area contributed by atoms with E-state index in [9.17, 15) is 0 Å². The van der Waals surface area contributed by atoms with Gasteiger partial charge < -0.3 is 10.5 Å². The van der Waals surface area contributed by atoms with E-state index < -0.39 is 0 Å². The molecule has 0 amide bonds. The maximum absolute atomic E-state index is 5.77. The Balaban J connectivity index is 2.03. The first-order chi connectivity index (χ1) is 9.17. The van der Waals surface area contributed by atoms with Crippen LogP contribution in [0, 0.1) is 6.92 Å². The Hall–Kier alpha value is -2.17. The highest BCUT2D eigenvalue weighted by molar-refractivity contribution is 5.59. The van der Waals surface area contributed by atoms with Gasteiger partial charge in [0.05, 0.1) is 7.11 Å². The summed E-state index contributed by atoms with van der Waals surface area (Å²) in [5, 5.41) is 0. The van der Waals surface area contributed by atoms with Crippen LogP contribution in [-0.4, -0.2) is 22.1 Å². The quantitative estimate of drug-likeness (QED) is 0.912. The van der Waals surface area contributed by atoms with Gasteiger partial charge in [0.25, 0.3) is 0 Å². The topological polar surface area (TPSA) is 73.9 Å². The van der Waals surface area contributed by atoms with Gasteiger partial charge in [-0.25, -0.2) is 4.98 Å². The van der Waals surface area contributed by atoms with Crippen LogP contribution >= 0.6 is 0 Å². The predicted octanol–water partition coefficient (Wildman–Crippen LogP) is 2.32. The van der Waals surface area contributed by atoms with Crippen molar-refractivity contribution in [1.29, 1.82) is 0 Å². The fraction of sp³-hybridized carbons (Fsp3) is 0.357. The van der Waals surface area contributed by atoms with Crippen molar-refractivity contribution in [3.63, 3.8) is 0 Å². The zero-order chi connectivity index (χ0) is 13.4. The number of hydrogen-bond donors (Lipinski definition) is 1. The summed E-state index contributed by atoms with van der Waals surface area (Å²) in [6, 6.07) is 5.86. The molecular weight excluding hydrogens is 240 g/mol. The van der Waals surface area contributed by atoms with E-state index in [-0.39, 0.29) is 0 Å². The van der Waals surface area contributed by atoms with Gasteiger partial charge in [-0.2, -0.15) is 9.97 Å². The summed E-state index contributed by atoms with van der Waals surface area (Å²) in [5.74, 6) is 3.06. The molecule has 1 fully saturated rings. The van der Waals surface area contributed by atoms with Crippen LogP contribution < -0.4 is 10.5 Å². The van der Waals surface area contributed by atoms with Crippen LogP contribution in [0.25, 0.3) is 11.4 Å². The fourth-order valence-corrected chi connectivity index (χ4v) is 2.08. The number of aryl methyl sites for hydroxylation is 1. The zero-order valence-electron chi connectivity index (χ0n) is 11.1. The summed E-state index contributed by atoms with van der Waals surface area (Å²) in [6.45, 7) is 1.99. The largest absolute Gasteiger partial charge is 0.496 e. The van der Waals surface area contributed by atoms with Crippen molar-refractivity contribution in [2.75, 3.05) is 12.8 Å². The summed E-state index contributed by atoms with van der Waals surface area (Å²) in [5.41, 5.74) is 7.76. The molecule has 1 aromatic carbocycles. The Morgan fingerprint density at radius 2 is 2.00 bits per heavy atom. The molecule has 1 aliphatic carbocycles. The molecule has 0 bridgehead atoms. The summed E-state index contributed by atoms with van der Waals surface area (Å²) in [7, 11) is 1.66. The highest BCUT2D eigenvalue weighted by atomic mass is 16.5. The van der Waals surface area contributed by atoms with Crippen LogP contribution in [0.3, 0.4) is 0 Å². The van der Waals surface area contributed by atoms with Gasteiger partial charge in [-0.05, 0) is 43.5 Å². The van der Waals surface area contributed by atoms with E-state index in [0.717, 1.165) is 35.5 Å². The lowest BCUT2D eigenvalue weighted by Gasteiger charge is -2.08. The Morgan fingerprint density at radius 1 is 1.21 bits per heavy atom. The van der Waals surface area contributed by atoms with Crippen molar-refractivity contribution in [3.05, 3.63) is 29.6 Å². The van der Waals surface area contributed by atoms with E-state index in [2.05, 4.69) is 15.0 Å². The van der Waals surface area contributed by atoms with Crippen molar-refractivity contribution >= 4 is 5.95 Å². The number of ether oxygens (including phenoxy) is 1. The van der Waals surface area contributed by atoms with Crippen LogP contribution in [0.5, 0.6) is 5.75 Å². The minimum atomic E-state index is 0.292. The predicted molar refractivity (Wildman–Crippen MR) is 72.9 cm³/mol. The van der Waals surface area contributed by atoms with Gasteiger partial charge in [-0.15, -0.1) is 0 Å². The van der Waals surface area contributed by atoms with Crippen molar-refractivity contribution in [1.82, 2.24) is 15.0 Å². The molecule has 3 rings (SSSR count). The maximum Gasteiger partial charge on any atom is 0.223 e. The van der Waals surface area contributed by atoms with Crippen LogP contribution in [0.15, 0.2) is 18.2 Å². The lowest BCUT2D eigenvalue weighted by atomic mass is 10.1. The number of anilines is 1. The normalized spacial score (nSPS) is 14.4. The van der Waals surface area contributed by atoms with E-state index in [4.69, 9.17) is 10.5 Å². The first-order valence-corrected chi connectivity index (χ1v) is 6.34. The summed E-state index contributed by atoms with van der Waals surface area (Å²) in [6.07, 6.45) is 2.29. The number of aromatic nitrogens is 3. The van der Waals surface area contributed by atoms with Crippen LogP contribution in [0.1, 0.15) is 30.1 Å². The van der Waals surface area contributed by atoms with E-state index >= 15 is 0 Å². The van der Waals surface area contributed by atoms with Gasteiger partial charge in [0, 0.05) is 11.5 Å². The first-order valence-electron chi connectivity index (χ1n) is 6.34. The van der Waals surface area contributed by atoms with Crippen LogP contribution in [-0.2, 0) is 0 Å². The maximum atomic E-state index is 5.77. The lowest BCUT2D eigenvalue weighted by Crippen LogP contribution is -2.04. The standard InChI is InChI=1S/C14H16N4O/c1-8-7-10(5-6-11(8)19-2)13-16-12(9-3-4-9)17-14(15)18-13/h5-7,9H,3-4H2,1-2H3,(H2,15,16,17,18). The average Bonchev–Trinajstić information content (AvgIpc) is 3.22. The number of hydrogen-bond acceptors (Lipinski definition) is 5. The number of nitrogens with zero attached hydrogens (tertiary/aromatic N) is 3. The van der Waals surface area contributed by atoms with E-state index in [1.807, 2.05) is 25.1 Å². The molecule has 5 nitrogen and oxygen atoms in total. The van der Waals surface area contributed by atoms with E-state index in [1.165, 1.54) is 0 Å². The molecule has 98 valence electrons. The molecule has 5 heteroatoms. The minimum Gasteiger partial charge on any atom is -0.496 e. The number of rotatable bonds is 3. The highest BCUT2D eigenvalue weighted by Crippen LogP contribution is 2.38. The van der Waals surface area contributed by atoms with Gasteiger partial charge in [-0.1, -0.05) is 0 Å². The van der Waals surface area contributed by atoms with E-state index in [0.29, 0.717) is 17.7 Å². The molecule has 1 aliphatic rings. The second kappa shape index (κ2) is 4.50. The Morgan fingerprint density at radius 3 is 2.63 bits per heavy atom. The van der Waals surface area contributed by atoms with Crippen LogP contribution in [0.2, 0.25) is 0 Å². The third kappa shape index (κ3) is 2.36. The lowest BCUT2D eigenvalue weighted by molar-refractivity contribution is 0.412. The molecule has 0 spiro atoms. The second-order valence-corrected chi connectivity index (χ2v) is 4.83. The zero-order valence-corrected chi connectivity index (χ0v) is 11.1. The van der Waals surface area contributed by atoms with Crippen molar-refractivity contribution in [2.45, 2.75) is 25.7 Å². The third-order valence-corrected chi connectivity index (χ3v) is 3.27. The van der Waals surface area contributed by atoms with Gasteiger partial charge in [0.2, 0.25) is 5.95 Å². The molecule has 19 heavy (non-hydrogen) atoms. The fourth-order valence-electron chi connectivity index (χ4n) is 2.08. The molecule has 0 saturated heterocycles. The van der Waals surface area contributed by atoms with Crippen LogP contribution in [0.4, 0.5) is 5.95 Å². The van der Waals surface area contributed by atoms with E-state index in [1.54, 1.807) is 7.11 Å². The molecule has 1 aromatic heterocycles. The second-order valence-electron chi connectivity index (χ2n) is 4.83. The summed E-state index contributed by atoms with van der Waals surface area (Å²) < 4.78 is 5.25. The molecule has 1 heterocycles. The number of benzene rings is 1. The van der Waals surface area contributed by atoms with Gasteiger partial charge >= 0.3 is 0 Å². The Labute approximate surface area is 111 Å². The molecule has 0 atom stereocenters. The monoisotopic (exact) mass is 256 g/mol.